The van der Waals surface area contributed by atoms with Crippen LogP contribution in [0.5, 0.6) is 0 Å². The van der Waals surface area contributed by atoms with Gasteiger partial charge in [-0.15, -0.1) is 0 Å². The zero-order chi connectivity index (χ0) is 37.6. The van der Waals surface area contributed by atoms with Crippen molar-refractivity contribution in [2.45, 2.75) is 39.8 Å². The molecule has 8 aromatic rings. The molecule has 0 aliphatic carbocycles. The highest BCUT2D eigenvalue weighted by Gasteiger charge is 2.19. The maximum atomic E-state index is 12.7. The number of aryl methyl sites for hydroxylation is 1. The van der Waals surface area contributed by atoms with Gasteiger partial charge in [0.1, 0.15) is 35.3 Å². The third kappa shape index (κ3) is 8.48. The number of aromatic nitrogens is 8. The number of aliphatic hydroxyl groups excluding tert-OH is 1. The Morgan fingerprint density at radius 3 is 1.75 bits per heavy atom. The van der Waals surface area contributed by atoms with Crippen LogP contribution in [0, 0.1) is 6.92 Å². The second-order valence-corrected chi connectivity index (χ2v) is 13.1. The van der Waals surface area contributed by atoms with Crippen LogP contribution in [0.1, 0.15) is 70.5 Å². The molecule has 2 amide bonds. The van der Waals surface area contributed by atoms with Gasteiger partial charge < -0.3 is 35.7 Å². The molecule has 0 fully saturated rings. The molecule has 2 atom stereocenters. The minimum absolute atomic E-state index is 0. The van der Waals surface area contributed by atoms with Crippen molar-refractivity contribution in [1.29, 1.82) is 0 Å². The largest absolute Gasteiger partial charge is 0.394 e. The standard InChI is InChI=1S/C20H18ClN5O.C20H19N5O2.CH4/c1-2-16(12-4-3-5-14(21)8-12)26-20(27)17-9-13(10-23-17)18-15-6-7-22-19(15)25-11-24-18;1-12-3-2-4-13(7-12)17(10-26)25-20(27)16-8-14(9-22-16)18-15-5-6-21-19(15)24-11-23-18;/h3-11,16,23H,2H2,1H3,(H,26,27)(H,22,24,25);2-9,11,17,22,26H,10H2,1H3,(H,25,27)(H,21,23,24);1H4. The van der Waals surface area contributed by atoms with Crippen molar-refractivity contribution in [3.8, 4) is 22.5 Å². The Labute approximate surface area is 322 Å². The number of carbonyl (C=O) groups is 2. The van der Waals surface area contributed by atoms with Gasteiger partial charge in [0.2, 0.25) is 0 Å². The van der Waals surface area contributed by atoms with E-state index in [-0.39, 0.29) is 31.9 Å². The van der Waals surface area contributed by atoms with Gasteiger partial charge in [-0.25, -0.2) is 19.9 Å². The number of hydrogen-bond donors (Lipinski definition) is 7. The van der Waals surface area contributed by atoms with E-state index in [9.17, 15) is 14.7 Å². The summed E-state index contributed by atoms with van der Waals surface area (Å²) in [5.41, 5.74) is 8.45. The molecule has 0 saturated carbocycles. The Kier molecular flexibility index (Phi) is 11.8. The summed E-state index contributed by atoms with van der Waals surface area (Å²) < 4.78 is 0. The molecule has 6 heterocycles. The van der Waals surface area contributed by atoms with Gasteiger partial charge in [-0.05, 0) is 60.9 Å². The zero-order valence-corrected chi connectivity index (χ0v) is 30.1. The van der Waals surface area contributed by atoms with E-state index in [0.717, 1.165) is 67.7 Å². The quantitative estimate of drug-likeness (QED) is 0.0738. The van der Waals surface area contributed by atoms with Gasteiger partial charge in [0.05, 0.1) is 30.1 Å². The fraction of sp³-hybridized carbons (Fsp3) is 0.171. The summed E-state index contributed by atoms with van der Waals surface area (Å²) in [6.07, 6.45) is 10.9. The predicted octanol–water partition coefficient (Wildman–Crippen LogP) is 7.85. The van der Waals surface area contributed by atoms with Crippen LogP contribution in [0.25, 0.3) is 44.6 Å². The van der Waals surface area contributed by atoms with Gasteiger partial charge >= 0.3 is 0 Å². The highest BCUT2D eigenvalue weighted by molar-refractivity contribution is 6.30. The Bertz CT molecular complexity index is 2380. The molecule has 7 N–H and O–H groups in total. The number of amides is 2. The SMILES string of the molecule is C.CCC(NC(=O)c1cc(-c2ncnc3[nH]ccc23)c[nH]1)c1cccc(Cl)c1.Cc1cccc(C(CO)NC(=O)c2cc(-c3ncnc4[nH]ccc34)c[nH]2)c1. The van der Waals surface area contributed by atoms with Crippen LogP contribution in [-0.4, -0.2) is 63.4 Å². The number of carbonyl (C=O) groups excluding carboxylic acids is 2. The summed E-state index contributed by atoms with van der Waals surface area (Å²) in [6, 6.07) is 22.0. The number of nitrogens with zero attached hydrogens (tertiary/aromatic N) is 4. The lowest BCUT2D eigenvalue weighted by Crippen LogP contribution is -2.31. The predicted molar refractivity (Wildman–Crippen MR) is 215 cm³/mol. The van der Waals surface area contributed by atoms with E-state index in [4.69, 9.17) is 11.6 Å². The Morgan fingerprint density at radius 1 is 0.709 bits per heavy atom. The third-order valence-electron chi connectivity index (χ3n) is 9.01. The fourth-order valence-electron chi connectivity index (χ4n) is 6.27. The number of hydrogen-bond acceptors (Lipinski definition) is 7. The van der Waals surface area contributed by atoms with Crippen LogP contribution in [-0.2, 0) is 0 Å². The summed E-state index contributed by atoms with van der Waals surface area (Å²) in [7, 11) is 0. The van der Waals surface area contributed by atoms with Crippen molar-refractivity contribution in [2.75, 3.05) is 6.61 Å². The lowest BCUT2D eigenvalue weighted by molar-refractivity contribution is 0.0909. The van der Waals surface area contributed by atoms with Crippen LogP contribution in [0.3, 0.4) is 0 Å². The molecular formula is C41H41ClN10O3. The molecule has 2 unspecified atom stereocenters. The molecule has 0 aliphatic rings. The summed E-state index contributed by atoms with van der Waals surface area (Å²) in [5, 5.41) is 18.1. The van der Waals surface area contributed by atoms with Gasteiger partial charge in [-0.3, -0.25) is 9.59 Å². The van der Waals surface area contributed by atoms with Crippen molar-refractivity contribution in [3.63, 3.8) is 0 Å². The molecule has 14 heteroatoms. The molecule has 55 heavy (non-hydrogen) atoms. The highest BCUT2D eigenvalue weighted by atomic mass is 35.5. The molecule has 13 nitrogen and oxygen atoms in total. The molecule has 2 aromatic carbocycles. The smallest absolute Gasteiger partial charge is 0.268 e. The number of aromatic amines is 4. The molecule has 0 bridgehead atoms. The maximum absolute atomic E-state index is 12.7. The Hall–Kier alpha value is -6.57. The average Bonchev–Trinajstić information content (AvgIpc) is 4.03. The molecule has 0 saturated heterocycles. The molecule has 6 aromatic heterocycles. The first kappa shape index (κ1) is 38.2. The van der Waals surface area contributed by atoms with Gasteiger partial charge in [-0.2, -0.15) is 0 Å². The van der Waals surface area contributed by atoms with Crippen molar-refractivity contribution < 1.29 is 14.7 Å². The van der Waals surface area contributed by atoms with Crippen LogP contribution >= 0.6 is 11.6 Å². The Balaban J connectivity index is 0.000000184. The van der Waals surface area contributed by atoms with E-state index in [1.165, 1.54) is 12.7 Å². The molecule has 8 rings (SSSR count). The number of H-pyrrole nitrogens is 4. The second-order valence-electron chi connectivity index (χ2n) is 12.6. The van der Waals surface area contributed by atoms with Gasteiger partial charge in [-0.1, -0.05) is 67.9 Å². The minimum Gasteiger partial charge on any atom is -0.394 e. The van der Waals surface area contributed by atoms with E-state index in [1.54, 1.807) is 30.7 Å². The topological polar surface area (TPSA) is 193 Å². The van der Waals surface area contributed by atoms with E-state index < -0.39 is 6.04 Å². The Morgan fingerprint density at radius 2 is 1.24 bits per heavy atom. The van der Waals surface area contributed by atoms with Crippen molar-refractivity contribution in [2.24, 2.45) is 0 Å². The highest BCUT2D eigenvalue weighted by Crippen LogP contribution is 2.27. The minimum atomic E-state index is -0.473. The van der Waals surface area contributed by atoms with Crippen molar-refractivity contribution >= 4 is 45.5 Å². The van der Waals surface area contributed by atoms with Crippen molar-refractivity contribution in [1.82, 2.24) is 50.5 Å². The number of rotatable bonds is 10. The van der Waals surface area contributed by atoms with Crippen LogP contribution in [0.4, 0.5) is 0 Å². The first-order chi connectivity index (χ1) is 26.3. The molecule has 0 spiro atoms. The summed E-state index contributed by atoms with van der Waals surface area (Å²) in [4.78, 5) is 54.6. The van der Waals surface area contributed by atoms with Crippen LogP contribution < -0.4 is 10.6 Å². The lowest BCUT2D eigenvalue weighted by Gasteiger charge is -2.17. The van der Waals surface area contributed by atoms with Crippen molar-refractivity contribution in [3.05, 3.63) is 143 Å². The molecule has 280 valence electrons. The number of benzene rings is 2. The number of halogens is 1. The van der Waals surface area contributed by atoms with Crippen LogP contribution in [0.15, 0.2) is 110 Å². The first-order valence-electron chi connectivity index (χ1n) is 17.3. The fourth-order valence-corrected chi connectivity index (χ4v) is 6.47. The summed E-state index contributed by atoms with van der Waals surface area (Å²) in [6.45, 7) is 3.81. The summed E-state index contributed by atoms with van der Waals surface area (Å²) in [5.74, 6) is -0.464. The molecular weight excluding hydrogens is 716 g/mol. The molecule has 0 radical (unpaired) electrons. The first-order valence-corrected chi connectivity index (χ1v) is 17.7. The normalized spacial score (nSPS) is 12.0. The number of aliphatic hydroxyl groups is 1. The van der Waals surface area contributed by atoms with Crippen LogP contribution in [0.2, 0.25) is 5.02 Å². The lowest BCUT2D eigenvalue weighted by atomic mass is 10.0. The van der Waals surface area contributed by atoms with Gasteiger partial charge in [0.25, 0.3) is 11.8 Å². The molecule has 0 aliphatic heterocycles. The van der Waals surface area contributed by atoms with E-state index in [2.05, 4.69) is 50.5 Å². The zero-order valence-electron chi connectivity index (χ0n) is 29.4. The average molecular weight is 757 g/mol. The van der Waals surface area contributed by atoms with Gasteiger partial charge in [0.15, 0.2) is 0 Å². The second kappa shape index (κ2) is 17.1. The number of fused-ring (bicyclic) bond motifs is 2. The third-order valence-corrected chi connectivity index (χ3v) is 9.24. The monoisotopic (exact) mass is 756 g/mol. The maximum Gasteiger partial charge on any atom is 0.268 e. The van der Waals surface area contributed by atoms with E-state index in [1.807, 2.05) is 80.7 Å². The number of nitrogens with one attached hydrogen (secondary N) is 6. The van der Waals surface area contributed by atoms with E-state index >= 15 is 0 Å². The van der Waals surface area contributed by atoms with E-state index in [0.29, 0.717) is 16.4 Å². The van der Waals surface area contributed by atoms with Gasteiger partial charge in [0, 0.05) is 51.7 Å². The summed E-state index contributed by atoms with van der Waals surface area (Å²) >= 11 is 6.08.